The fourth-order valence-corrected chi connectivity index (χ4v) is 1.40. The number of aliphatic hydroxyl groups excluding tert-OH is 2. The Bertz CT molecular complexity index is 101. The first-order chi connectivity index (χ1) is 6.78. The van der Waals surface area contributed by atoms with Crippen LogP contribution in [0.25, 0.3) is 0 Å². The number of hydrogen-bond acceptors (Lipinski definition) is 2. The maximum atomic E-state index is 8.95. The van der Waals surface area contributed by atoms with Crippen molar-refractivity contribution in [3.63, 3.8) is 0 Å². The Morgan fingerprint density at radius 3 is 1.43 bits per heavy atom. The molecule has 0 heterocycles. The number of aliphatic hydroxyl groups is 2. The van der Waals surface area contributed by atoms with E-state index in [1.165, 1.54) is 0 Å². The van der Waals surface area contributed by atoms with E-state index in [0.29, 0.717) is 12.1 Å². The van der Waals surface area contributed by atoms with Crippen LogP contribution in [0.3, 0.4) is 0 Å². The second kappa shape index (κ2) is 9.40. The van der Waals surface area contributed by atoms with Crippen LogP contribution in [0.5, 0.6) is 0 Å². The van der Waals surface area contributed by atoms with E-state index >= 15 is 0 Å². The highest BCUT2D eigenvalue weighted by molar-refractivity contribution is 4.46. The van der Waals surface area contributed by atoms with Gasteiger partial charge in [0.05, 0.1) is 13.2 Å². The minimum Gasteiger partial charge on any atom is -0.390 e. The van der Waals surface area contributed by atoms with Crippen molar-refractivity contribution in [3.05, 3.63) is 0 Å². The lowest BCUT2D eigenvalue weighted by atomic mass is 10.2. The average Bonchev–Trinajstić information content (AvgIpc) is 2.24. The zero-order valence-corrected chi connectivity index (χ0v) is 9.45. The van der Waals surface area contributed by atoms with Crippen LogP contribution in [-0.4, -0.2) is 48.6 Å². The van der Waals surface area contributed by atoms with Crippen molar-refractivity contribution in [2.24, 2.45) is 0 Å². The predicted octanol–water partition coefficient (Wildman–Crippen LogP) is -2.34. The van der Waals surface area contributed by atoms with Crippen LogP contribution < -0.4 is 10.6 Å². The topological polar surface area (TPSA) is 73.7 Å². The van der Waals surface area contributed by atoms with E-state index in [4.69, 9.17) is 10.2 Å². The molecule has 0 aromatic rings. The Kier molecular flexibility index (Phi) is 9.29. The van der Waals surface area contributed by atoms with Gasteiger partial charge in [-0.25, -0.2) is 0 Å². The molecule has 0 radical (unpaired) electrons. The largest absolute Gasteiger partial charge is 0.390 e. The number of nitrogens with two attached hydrogens (primary N) is 2. The molecule has 0 bridgehead atoms. The summed E-state index contributed by atoms with van der Waals surface area (Å²) in [5, 5.41) is 22.3. The monoisotopic (exact) mass is 206 g/mol. The summed E-state index contributed by atoms with van der Waals surface area (Å²) in [6.07, 6.45) is 2.02. The van der Waals surface area contributed by atoms with Crippen LogP contribution in [0.4, 0.5) is 0 Å². The fourth-order valence-electron chi connectivity index (χ4n) is 1.40. The first-order valence-electron chi connectivity index (χ1n) is 5.66. The molecule has 0 spiro atoms. The van der Waals surface area contributed by atoms with Gasteiger partial charge in [0.15, 0.2) is 0 Å². The molecule has 2 atom stereocenters. The standard InChI is InChI=1S/C10H24N2O2/c1-3-9(7-13)11-5-6-12-10(4-2)8-14/h9-14H,3-8H2,1-2H3/p+2/t9-,10+. The Morgan fingerprint density at radius 1 is 0.857 bits per heavy atom. The van der Waals surface area contributed by atoms with Gasteiger partial charge in [-0.2, -0.15) is 0 Å². The third-order valence-corrected chi connectivity index (χ3v) is 2.68. The van der Waals surface area contributed by atoms with Crippen molar-refractivity contribution in [1.29, 1.82) is 0 Å². The second-order valence-electron chi connectivity index (χ2n) is 3.75. The van der Waals surface area contributed by atoms with Crippen LogP contribution in [0, 0.1) is 0 Å². The van der Waals surface area contributed by atoms with Gasteiger partial charge in [-0.05, 0) is 12.8 Å². The van der Waals surface area contributed by atoms with Gasteiger partial charge in [-0.3, -0.25) is 0 Å². The van der Waals surface area contributed by atoms with E-state index in [-0.39, 0.29) is 13.2 Å². The molecule has 0 amide bonds. The van der Waals surface area contributed by atoms with Gasteiger partial charge in [-0.1, -0.05) is 13.8 Å². The van der Waals surface area contributed by atoms with Crippen LogP contribution in [0.2, 0.25) is 0 Å². The molecule has 0 aliphatic rings. The number of quaternary nitrogens is 2. The highest BCUT2D eigenvalue weighted by atomic mass is 16.3. The van der Waals surface area contributed by atoms with E-state index in [1.807, 2.05) is 0 Å². The van der Waals surface area contributed by atoms with Gasteiger partial charge in [0, 0.05) is 0 Å². The van der Waals surface area contributed by atoms with Gasteiger partial charge in [0.2, 0.25) is 0 Å². The minimum atomic E-state index is 0.258. The summed E-state index contributed by atoms with van der Waals surface area (Å²) in [7, 11) is 0. The van der Waals surface area contributed by atoms with Crippen LogP contribution in [0.15, 0.2) is 0 Å². The second-order valence-corrected chi connectivity index (χ2v) is 3.75. The smallest absolute Gasteiger partial charge is 0.126 e. The molecule has 0 rings (SSSR count). The lowest BCUT2D eigenvalue weighted by molar-refractivity contribution is -0.755. The molecule has 0 aromatic heterocycles. The van der Waals surface area contributed by atoms with E-state index < -0.39 is 0 Å². The van der Waals surface area contributed by atoms with Crippen molar-refractivity contribution in [1.82, 2.24) is 0 Å². The summed E-state index contributed by atoms with van der Waals surface area (Å²) in [6, 6.07) is 0.690. The SMILES string of the molecule is CC[C@H](CO)[NH2+]CC[NH2+][C@@H](CC)CO. The fraction of sp³-hybridized carbons (Fsp3) is 1.00. The molecule has 0 saturated carbocycles. The Balaban J connectivity index is 3.35. The maximum absolute atomic E-state index is 8.95. The van der Waals surface area contributed by atoms with Crippen LogP contribution in [0.1, 0.15) is 26.7 Å². The zero-order valence-electron chi connectivity index (χ0n) is 9.45. The van der Waals surface area contributed by atoms with Gasteiger partial charge in [-0.15, -0.1) is 0 Å². The van der Waals surface area contributed by atoms with E-state index in [1.54, 1.807) is 0 Å². The normalized spacial score (nSPS) is 15.4. The Labute approximate surface area is 86.7 Å². The Hall–Kier alpha value is -0.160. The minimum absolute atomic E-state index is 0.258. The van der Waals surface area contributed by atoms with E-state index in [9.17, 15) is 0 Å². The molecular weight excluding hydrogens is 180 g/mol. The van der Waals surface area contributed by atoms with Crippen molar-refractivity contribution in [2.45, 2.75) is 38.8 Å². The van der Waals surface area contributed by atoms with E-state index in [2.05, 4.69) is 24.5 Å². The highest BCUT2D eigenvalue weighted by Crippen LogP contribution is 1.80. The average molecular weight is 206 g/mol. The summed E-state index contributed by atoms with van der Waals surface area (Å²) in [6.45, 7) is 6.71. The quantitative estimate of drug-likeness (QED) is 0.319. The lowest BCUT2D eigenvalue weighted by Crippen LogP contribution is -3.00. The highest BCUT2D eigenvalue weighted by Gasteiger charge is 2.09. The first-order valence-corrected chi connectivity index (χ1v) is 5.66. The maximum Gasteiger partial charge on any atom is 0.126 e. The molecule has 0 unspecified atom stereocenters. The summed E-state index contributed by atoms with van der Waals surface area (Å²) in [4.78, 5) is 0. The molecular formula is C10H26N2O2+2. The number of rotatable bonds is 9. The molecule has 0 aliphatic heterocycles. The lowest BCUT2D eigenvalue weighted by Gasteiger charge is -2.12. The summed E-state index contributed by atoms with van der Waals surface area (Å²) >= 11 is 0. The van der Waals surface area contributed by atoms with Crippen molar-refractivity contribution >= 4 is 0 Å². The molecule has 0 saturated heterocycles. The molecule has 86 valence electrons. The third-order valence-electron chi connectivity index (χ3n) is 2.68. The van der Waals surface area contributed by atoms with Gasteiger partial charge in [0.25, 0.3) is 0 Å². The molecule has 14 heavy (non-hydrogen) atoms. The summed E-state index contributed by atoms with van der Waals surface area (Å²) in [5.74, 6) is 0. The summed E-state index contributed by atoms with van der Waals surface area (Å²) in [5.41, 5.74) is 0. The molecule has 0 aromatic carbocycles. The van der Waals surface area contributed by atoms with Gasteiger partial charge in [0.1, 0.15) is 25.2 Å². The van der Waals surface area contributed by atoms with Gasteiger partial charge >= 0.3 is 0 Å². The molecule has 0 aliphatic carbocycles. The molecule has 4 nitrogen and oxygen atoms in total. The predicted molar refractivity (Wildman–Crippen MR) is 55.9 cm³/mol. The third kappa shape index (κ3) is 6.32. The number of hydrogen-bond donors (Lipinski definition) is 4. The Morgan fingerprint density at radius 2 is 1.21 bits per heavy atom. The van der Waals surface area contributed by atoms with E-state index in [0.717, 1.165) is 25.9 Å². The zero-order chi connectivity index (χ0) is 10.8. The van der Waals surface area contributed by atoms with Crippen LogP contribution in [-0.2, 0) is 0 Å². The molecule has 6 N–H and O–H groups in total. The van der Waals surface area contributed by atoms with Crippen molar-refractivity contribution in [3.8, 4) is 0 Å². The molecule has 0 fully saturated rings. The van der Waals surface area contributed by atoms with Gasteiger partial charge < -0.3 is 20.8 Å². The molecule has 4 heteroatoms. The summed E-state index contributed by atoms with van der Waals surface area (Å²) < 4.78 is 0. The van der Waals surface area contributed by atoms with Crippen molar-refractivity contribution in [2.75, 3.05) is 26.3 Å². The van der Waals surface area contributed by atoms with Crippen LogP contribution >= 0.6 is 0 Å². The first kappa shape index (κ1) is 13.8. The van der Waals surface area contributed by atoms with Crippen molar-refractivity contribution < 1.29 is 20.8 Å².